The normalized spacial score (nSPS) is 14.5. The van der Waals surface area contributed by atoms with Crippen LogP contribution in [0.15, 0.2) is 83.9 Å². The number of hydrogen-bond acceptors (Lipinski definition) is 5. The Balaban J connectivity index is 1.50. The summed E-state index contributed by atoms with van der Waals surface area (Å²) in [7, 11) is 0. The van der Waals surface area contributed by atoms with Crippen molar-refractivity contribution in [1.82, 2.24) is 14.7 Å². The van der Waals surface area contributed by atoms with Crippen LogP contribution in [0, 0.1) is 6.92 Å². The highest BCUT2D eigenvalue weighted by Crippen LogP contribution is 2.37. The molecule has 0 atom stereocenters. The number of para-hydroxylation sites is 1. The molecular weight excluding hydrogens is 534 g/mol. The first-order chi connectivity index (χ1) is 18.4. The number of benzene rings is 3. The Kier molecular flexibility index (Phi) is 7.98. The van der Waals surface area contributed by atoms with Crippen LogP contribution in [-0.2, 0) is 11.3 Å². The van der Waals surface area contributed by atoms with Crippen LogP contribution in [0.25, 0.3) is 23.0 Å². The maximum Gasteiger partial charge on any atom is 0.266 e. The van der Waals surface area contributed by atoms with Crippen LogP contribution >= 0.6 is 35.6 Å². The summed E-state index contributed by atoms with van der Waals surface area (Å²) in [5.41, 5.74) is 5.45. The highest BCUT2D eigenvalue weighted by atomic mass is 35.5. The van der Waals surface area contributed by atoms with Crippen molar-refractivity contribution in [2.45, 2.75) is 26.8 Å². The minimum atomic E-state index is -0.111. The number of ether oxygens (including phenoxy) is 1. The van der Waals surface area contributed by atoms with Gasteiger partial charge in [0.05, 0.1) is 28.8 Å². The summed E-state index contributed by atoms with van der Waals surface area (Å²) in [5, 5.41) is 5.38. The van der Waals surface area contributed by atoms with E-state index in [1.54, 1.807) is 4.90 Å². The van der Waals surface area contributed by atoms with Crippen LogP contribution in [-0.4, -0.2) is 31.5 Å². The molecule has 2 heterocycles. The fraction of sp³-hybridized carbons (Fsp3) is 0.167. The number of aryl methyl sites for hydroxylation is 1. The second kappa shape index (κ2) is 11.6. The number of rotatable bonds is 8. The average Bonchev–Trinajstić information content (AvgIpc) is 3.46. The zero-order valence-electron chi connectivity index (χ0n) is 21.1. The van der Waals surface area contributed by atoms with Crippen molar-refractivity contribution < 1.29 is 9.53 Å². The molecule has 1 saturated heterocycles. The van der Waals surface area contributed by atoms with E-state index in [0.29, 0.717) is 38.8 Å². The SMILES string of the molecule is CCCOc1ccc(-c2nn(-c3ccccc3)cc2/C=C2\SC(=S)N(Cc3ccc(C)cc3)C2=O)cc1Cl. The van der Waals surface area contributed by atoms with E-state index in [1.165, 1.54) is 17.3 Å². The number of carbonyl (C=O) groups is 1. The zero-order valence-corrected chi connectivity index (χ0v) is 23.4. The molecule has 3 aromatic carbocycles. The fourth-order valence-electron chi connectivity index (χ4n) is 4.06. The van der Waals surface area contributed by atoms with Gasteiger partial charge in [0, 0.05) is 17.3 Å². The summed E-state index contributed by atoms with van der Waals surface area (Å²) >= 11 is 13.4. The van der Waals surface area contributed by atoms with Crippen LogP contribution in [0.1, 0.15) is 30.0 Å². The topological polar surface area (TPSA) is 47.4 Å². The van der Waals surface area contributed by atoms with Crippen LogP contribution in [0.5, 0.6) is 5.75 Å². The summed E-state index contributed by atoms with van der Waals surface area (Å²) in [6, 6.07) is 23.6. The standard InChI is InChI=1S/C30H26ClN3O2S2/c1-3-15-36-26-14-13-22(16-25(26)31)28-23(19-34(32-28)24-7-5-4-6-8-24)17-27-29(35)33(30(37)38-27)18-21-11-9-20(2)10-12-21/h4-14,16-17,19H,3,15,18H2,1-2H3/b27-17-. The average molecular weight is 560 g/mol. The van der Waals surface area contributed by atoms with Crippen LogP contribution in [0.2, 0.25) is 5.02 Å². The highest BCUT2D eigenvalue weighted by Gasteiger charge is 2.32. The predicted molar refractivity (Wildman–Crippen MR) is 160 cm³/mol. The van der Waals surface area contributed by atoms with Gasteiger partial charge >= 0.3 is 0 Å². The molecule has 5 nitrogen and oxygen atoms in total. The lowest BCUT2D eigenvalue weighted by Gasteiger charge is -2.14. The molecular formula is C30H26ClN3O2S2. The van der Waals surface area contributed by atoms with Gasteiger partial charge in [0.25, 0.3) is 5.91 Å². The molecule has 1 amide bonds. The van der Waals surface area contributed by atoms with Crippen LogP contribution in [0.4, 0.5) is 0 Å². The Labute approximate surface area is 237 Å². The van der Waals surface area contributed by atoms with Gasteiger partial charge in [-0.25, -0.2) is 4.68 Å². The van der Waals surface area contributed by atoms with Gasteiger partial charge in [0.1, 0.15) is 15.8 Å². The van der Waals surface area contributed by atoms with Gasteiger partial charge in [0.2, 0.25) is 0 Å². The first kappa shape index (κ1) is 26.2. The molecule has 0 saturated carbocycles. The number of nitrogens with zero attached hydrogens (tertiary/aromatic N) is 3. The summed E-state index contributed by atoms with van der Waals surface area (Å²) < 4.78 is 8.09. The number of hydrogen-bond donors (Lipinski definition) is 0. The van der Waals surface area contributed by atoms with Gasteiger partial charge in [-0.15, -0.1) is 0 Å². The van der Waals surface area contributed by atoms with Gasteiger partial charge in [-0.2, -0.15) is 5.10 Å². The van der Waals surface area contributed by atoms with Crippen molar-refractivity contribution in [2.24, 2.45) is 0 Å². The molecule has 1 aliphatic rings. The third-order valence-electron chi connectivity index (χ3n) is 6.05. The fourth-order valence-corrected chi connectivity index (χ4v) is 5.54. The quantitative estimate of drug-likeness (QED) is 0.163. The molecule has 0 aliphatic carbocycles. The number of aromatic nitrogens is 2. The van der Waals surface area contributed by atoms with E-state index in [4.69, 9.17) is 33.7 Å². The first-order valence-electron chi connectivity index (χ1n) is 12.3. The van der Waals surface area contributed by atoms with Crippen molar-refractivity contribution in [3.63, 3.8) is 0 Å². The van der Waals surface area contributed by atoms with Gasteiger partial charge in [-0.05, 0) is 55.3 Å². The number of carbonyl (C=O) groups excluding carboxylic acids is 1. The first-order valence-corrected chi connectivity index (χ1v) is 13.9. The maximum absolute atomic E-state index is 13.4. The van der Waals surface area contributed by atoms with E-state index >= 15 is 0 Å². The van der Waals surface area contributed by atoms with E-state index in [0.717, 1.165) is 28.8 Å². The Morgan fingerprint density at radius 1 is 1.08 bits per heavy atom. The molecule has 5 rings (SSSR count). The molecule has 0 unspecified atom stereocenters. The second-order valence-corrected chi connectivity index (χ2v) is 11.0. The van der Waals surface area contributed by atoms with Crippen molar-refractivity contribution in [3.8, 4) is 22.7 Å². The largest absolute Gasteiger partial charge is 0.492 e. The molecule has 38 heavy (non-hydrogen) atoms. The van der Waals surface area contributed by atoms with Crippen LogP contribution < -0.4 is 4.74 Å². The van der Waals surface area contributed by atoms with E-state index < -0.39 is 0 Å². The minimum Gasteiger partial charge on any atom is -0.492 e. The smallest absolute Gasteiger partial charge is 0.266 e. The molecule has 0 N–H and O–H groups in total. The predicted octanol–water partition coefficient (Wildman–Crippen LogP) is 7.69. The Hall–Kier alpha value is -3.39. The van der Waals surface area contributed by atoms with Crippen LogP contribution in [0.3, 0.4) is 0 Å². The lowest BCUT2D eigenvalue weighted by molar-refractivity contribution is -0.122. The van der Waals surface area contributed by atoms with Gasteiger partial charge in [0.15, 0.2) is 0 Å². The number of halogens is 1. The summed E-state index contributed by atoms with van der Waals surface area (Å²) in [6.45, 7) is 5.12. The van der Waals surface area contributed by atoms with Gasteiger partial charge in [-0.3, -0.25) is 9.69 Å². The summed E-state index contributed by atoms with van der Waals surface area (Å²) in [5.74, 6) is 0.526. The molecule has 0 spiro atoms. The van der Waals surface area contributed by atoms with Crippen molar-refractivity contribution >= 4 is 51.9 Å². The number of thioether (sulfide) groups is 1. The van der Waals surface area contributed by atoms with Crippen molar-refractivity contribution in [1.29, 1.82) is 0 Å². The number of thiocarbonyl (C=S) groups is 1. The summed E-state index contributed by atoms with van der Waals surface area (Å²) in [4.78, 5) is 15.6. The molecule has 192 valence electrons. The molecule has 8 heteroatoms. The molecule has 0 radical (unpaired) electrons. The maximum atomic E-state index is 13.4. The number of amides is 1. The second-order valence-electron chi connectivity index (χ2n) is 8.96. The van der Waals surface area contributed by atoms with Gasteiger partial charge < -0.3 is 4.74 Å². The van der Waals surface area contributed by atoms with E-state index in [2.05, 4.69) is 0 Å². The van der Waals surface area contributed by atoms with Gasteiger partial charge in [-0.1, -0.05) is 90.5 Å². The third kappa shape index (κ3) is 5.70. The Morgan fingerprint density at radius 2 is 1.84 bits per heavy atom. The van der Waals surface area contributed by atoms with Crippen molar-refractivity contribution in [3.05, 3.63) is 106 Å². The zero-order chi connectivity index (χ0) is 26.6. The molecule has 0 bridgehead atoms. The third-order valence-corrected chi connectivity index (χ3v) is 7.72. The van der Waals surface area contributed by atoms with E-state index in [9.17, 15) is 4.79 Å². The Morgan fingerprint density at radius 3 is 2.55 bits per heavy atom. The monoisotopic (exact) mass is 559 g/mol. The van der Waals surface area contributed by atoms with Crippen molar-refractivity contribution in [2.75, 3.05) is 6.61 Å². The summed E-state index contributed by atoms with van der Waals surface area (Å²) in [6.07, 6.45) is 4.68. The molecule has 4 aromatic rings. The van der Waals surface area contributed by atoms with E-state index in [-0.39, 0.29) is 5.91 Å². The molecule has 1 fully saturated rings. The lowest BCUT2D eigenvalue weighted by atomic mass is 10.1. The lowest BCUT2D eigenvalue weighted by Crippen LogP contribution is -2.27. The Bertz CT molecular complexity index is 1510. The highest BCUT2D eigenvalue weighted by molar-refractivity contribution is 8.26. The molecule has 1 aromatic heterocycles. The minimum absolute atomic E-state index is 0.111. The van der Waals surface area contributed by atoms with E-state index in [1.807, 2.05) is 104 Å². The molecule has 1 aliphatic heterocycles.